The van der Waals surface area contributed by atoms with E-state index in [0.29, 0.717) is 12.2 Å². The maximum Gasteiger partial charge on any atom is 0.330 e. The summed E-state index contributed by atoms with van der Waals surface area (Å²) in [5, 5.41) is 0. The fourth-order valence-corrected chi connectivity index (χ4v) is 2.82. The second-order valence-electron chi connectivity index (χ2n) is 4.82. The summed E-state index contributed by atoms with van der Waals surface area (Å²) in [5.41, 5.74) is -1.12. The van der Waals surface area contributed by atoms with Crippen LogP contribution in [-0.2, 0) is 9.47 Å². The Labute approximate surface area is 120 Å². The van der Waals surface area contributed by atoms with Gasteiger partial charge in [0.1, 0.15) is 12.8 Å². The van der Waals surface area contributed by atoms with Gasteiger partial charge < -0.3 is 9.47 Å². The molecular formula is C12H17FN2O4S. The third kappa shape index (κ3) is 3.13. The van der Waals surface area contributed by atoms with Crippen LogP contribution in [0, 0.1) is 5.92 Å². The van der Waals surface area contributed by atoms with Gasteiger partial charge >= 0.3 is 5.69 Å². The highest BCUT2D eigenvalue weighted by Gasteiger charge is 2.47. The Morgan fingerprint density at radius 2 is 2.40 bits per heavy atom. The van der Waals surface area contributed by atoms with E-state index in [4.69, 9.17) is 9.47 Å². The van der Waals surface area contributed by atoms with Crippen molar-refractivity contribution in [2.75, 3.05) is 19.5 Å². The van der Waals surface area contributed by atoms with Crippen molar-refractivity contribution >= 4 is 12.6 Å². The lowest BCUT2D eigenvalue weighted by Gasteiger charge is -2.21. The number of aromatic nitrogens is 2. The van der Waals surface area contributed by atoms with Crippen molar-refractivity contribution in [3.8, 4) is 0 Å². The van der Waals surface area contributed by atoms with Gasteiger partial charge in [-0.15, -0.1) is 0 Å². The number of alkyl halides is 1. The van der Waals surface area contributed by atoms with Gasteiger partial charge in [-0.05, 0) is 12.2 Å². The summed E-state index contributed by atoms with van der Waals surface area (Å²) < 4.78 is 25.9. The quantitative estimate of drug-likeness (QED) is 0.786. The molecule has 1 N–H and O–H groups in total. The maximum absolute atomic E-state index is 14.5. The Hall–Kier alpha value is -1.12. The summed E-state index contributed by atoms with van der Waals surface area (Å²) in [4.78, 5) is 25.0. The van der Waals surface area contributed by atoms with E-state index >= 15 is 0 Å². The minimum Gasteiger partial charge on any atom is -0.379 e. The van der Waals surface area contributed by atoms with E-state index in [9.17, 15) is 14.0 Å². The zero-order chi connectivity index (χ0) is 14.8. The van der Waals surface area contributed by atoms with Crippen LogP contribution in [0.15, 0.2) is 21.9 Å². The van der Waals surface area contributed by atoms with Gasteiger partial charge in [0.15, 0.2) is 0 Å². The third-order valence-corrected chi connectivity index (χ3v) is 3.55. The van der Waals surface area contributed by atoms with E-state index in [1.807, 2.05) is 0 Å². The molecule has 0 amide bonds. The molecule has 1 aliphatic heterocycles. The second kappa shape index (κ2) is 6.11. The smallest absolute Gasteiger partial charge is 0.330 e. The van der Waals surface area contributed by atoms with Crippen LogP contribution in [0.2, 0.25) is 0 Å². The normalized spacial score (nSPS) is 29.8. The molecular weight excluding hydrogens is 287 g/mol. The Bertz CT molecular complexity index is 575. The molecule has 8 heteroatoms. The predicted molar refractivity (Wildman–Crippen MR) is 73.7 cm³/mol. The highest BCUT2D eigenvalue weighted by atomic mass is 32.1. The highest BCUT2D eigenvalue weighted by Crippen LogP contribution is 2.43. The fraction of sp³-hybridized carbons (Fsp3) is 0.667. The lowest BCUT2D eigenvalue weighted by molar-refractivity contribution is -0.184. The van der Waals surface area contributed by atoms with Crippen molar-refractivity contribution in [3.63, 3.8) is 0 Å². The van der Waals surface area contributed by atoms with E-state index < -0.39 is 23.3 Å². The number of aromatic amines is 1. The van der Waals surface area contributed by atoms with E-state index in [1.165, 1.54) is 23.9 Å². The van der Waals surface area contributed by atoms with Crippen LogP contribution in [0.5, 0.6) is 0 Å². The Morgan fingerprint density at radius 1 is 1.65 bits per heavy atom. The lowest BCUT2D eigenvalue weighted by Crippen LogP contribution is -2.35. The van der Waals surface area contributed by atoms with Crippen LogP contribution in [0.3, 0.4) is 0 Å². The van der Waals surface area contributed by atoms with Crippen molar-refractivity contribution in [1.82, 2.24) is 9.55 Å². The number of nitrogens with one attached hydrogen (secondary N) is 1. The molecule has 3 atom stereocenters. The van der Waals surface area contributed by atoms with Crippen LogP contribution in [0.1, 0.15) is 19.1 Å². The summed E-state index contributed by atoms with van der Waals surface area (Å²) in [6, 6.07) is 1.21. The summed E-state index contributed by atoms with van der Waals surface area (Å²) >= 11 is 4.15. The van der Waals surface area contributed by atoms with Gasteiger partial charge in [0, 0.05) is 31.7 Å². The molecule has 1 fully saturated rings. The van der Waals surface area contributed by atoms with Gasteiger partial charge in [-0.25, -0.2) is 9.18 Å². The fourth-order valence-electron chi connectivity index (χ4n) is 2.48. The first-order valence-electron chi connectivity index (χ1n) is 6.27. The number of rotatable bonds is 5. The number of hydrogen-bond donors (Lipinski definition) is 2. The lowest BCUT2D eigenvalue weighted by atomic mass is 9.99. The number of nitrogens with zero attached hydrogens (tertiary/aromatic N) is 1. The van der Waals surface area contributed by atoms with Gasteiger partial charge in [-0.2, -0.15) is 12.6 Å². The summed E-state index contributed by atoms with van der Waals surface area (Å²) in [6.45, 7) is -0.204. The molecule has 20 heavy (non-hydrogen) atoms. The average molecular weight is 304 g/mol. The first kappa shape index (κ1) is 15.3. The number of ether oxygens (including phenoxy) is 2. The molecule has 0 spiro atoms. The highest BCUT2D eigenvalue weighted by molar-refractivity contribution is 7.80. The topological polar surface area (TPSA) is 73.3 Å². The number of halogens is 1. The number of hydrogen-bond acceptors (Lipinski definition) is 5. The zero-order valence-corrected chi connectivity index (χ0v) is 11.9. The minimum absolute atomic E-state index is 0.123. The molecule has 0 aliphatic carbocycles. The van der Waals surface area contributed by atoms with Gasteiger partial charge in [0.05, 0.1) is 0 Å². The van der Waals surface area contributed by atoms with Crippen molar-refractivity contribution in [1.29, 1.82) is 0 Å². The summed E-state index contributed by atoms with van der Waals surface area (Å²) in [6.07, 6.45) is 1.26. The number of thiol groups is 1. The molecule has 1 saturated heterocycles. The van der Waals surface area contributed by atoms with Gasteiger partial charge in [0.25, 0.3) is 5.56 Å². The van der Waals surface area contributed by atoms with E-state index in [1.54, 1.807) is 0 Å². The molecule has 2 unspecified atom stereocenters. The van der Waals surface area contributed by atoms with Crippen LogP contribution in [0.4, 0.5) is 4.39 Å². The van der Waals surface area contributed by atoms with Gasteiger partial charge in [-0.3, -0.25) is 14.3 Å². The van der Waals surface area contributed by atoms with Crippen molar-refractivity contribution in [2.24, 2.45) is 5.92 Å². The van der Waals surface area contributed by atoms with Crippen molar-refractivity contribution in [3.05, 3.63) is 33.1 Å². The molecule has 0 bridgehead atoms. The van der Waals surface area contributed by atoms with Gasteiger partial charge in [-0.1, -0.05) is 0 Å². The second-order valence-corrected chi connectivity index (χ2v) is 5.27. The number of H-pyrrole nitrogens is 1. The molecule has 1 aliphatic rings. The Kier molecular flexibility index (Phi) is 4.66. The van der Waals surface area contributed by atoms with Crippen LogP contribution < -0.4 is 11.2 Å². The monoisotopic (exact) mass is 304 g/mol. The first-order chi connectivity index (χ1) is 9.49. The molecule has 2 heterocycles. The Morgan fingerprint density at radius 3 is 3.00 bits per heavy atom. The van der Waals surface area contributed by atoms with E-state index in [-0.39, 0.29) is 18.9 Å². The molecule has 112 valence electrons. The molecule has 1 aromatic rings. The third-order valence-electron chi connectivity index (χ3n) is 3.29. The van der Waals surface area contributed by atoms with Crippen molar-refractivity contribution < 1.29 is 13.9 Å². The zero-order valence-electron chi connectivity index (χ0n) is 11.0. The van der Waals surface area contributed by atoms with Crippen molar-refractivity contribution in [2.45, 2.75) is 24.9 Å². The maximum atomic E-state index is 14.5. The largest absolute Gasteiger partial charge is 0.379 e. The molecule has 2 rings (SSSR count). The van der Waals surface area contributed by atoms with Crippen LogP contribution in [0.25, 0.3) is 0 Å². The van der Waals surface area contributed by atoms with Gasteiger partial charge in [0.2, 0.25) is 5.85 Å². The summed E-state index contributed by atoms with van der Waals surface area (Å²) in [7, 11) is 1.39. The molecule has 0 aromatic carbocycles. The van der Waals surface area contributed by atoms with E-state index in [0.717, 1.165) is 0 Å². The molecule has 0 radical (unpaired) electrons. The SMILES string of the molecule is COC[C@]1(F)CC(CCS)C(n2ccc(=O)[nH]c2=O)O1. The minimum atomic E-state index is -1.93. The standard InChI is InChI=1S/C12H17FN2O4S/c1-18-7-12(13)6-8(3-5-20)10(19-12)15-4-2-9(16)14-11(15)17/h2,4,8,10,20H,3,5-7H2,1H3,(H,14,16,17)/t8?,10?,12-/m0/s1. The number of methoxy groups -OCH3 is 1. The Balaban J connectivity index is 2.32. The van der Waals surface area contributed by atoms with Crippen LogP contribution in [-0.4, -0.2) is 34.9 Å². The molecule has 0 saturated carbocycles. The molecule has 6 nitrogen and oxygen atoms in total. The van der Waals surface area contributed by atoms with Crippen LogP contribution >= 0.6 is 12.6 Å². The molecule has 1 aromatic heterocycles. The van der Waals surface area contributed by atoms with E-state index in [2.05, 4.69) is 17.6 Å². The average Bonchev–Trinajstić information content (AvgIpc) is 2.67. The first-order valence-corrected chi connectivity index (χ1v) is 6.90. The predicted octanol–water partition coefficient (Wildman–Crippen LogP) is 0.704. The summed E-state index contributed by atoms with van der Waals surface area (Å²) in [5.74, 6) is -1.59.